The number of hydrogen-bond donors (Lipinski definition) is 0. The zero-order valence-corrected chi connectivity index (χ0v) is 20.3. The van der Waals surface area contributed by atoms with Crippen LogP contribution in [-0.4, -0.2) is 63.2 Å². The first-order chi connectivity index (χ1) is 16.9. The summed E-state index contributed by atoms with van der Waals surface area (Å²) in [4.78, 5) is 29.5. The molecule has 0 atom stereocenters. The number of carbonyl (C=O) groups is 2. The molecule has 0 saturated carbocycles. The molecule has 0 bridgehead atoms. The van der Waals surface area contributed by atoms with Crippen LogP contribution in [0, 0.1) is 5.82 Å². The maximum absolute atomic E-state index is 15.3. The van der Waals surface area contributed by atoms with E-state index >= 15 is 4.39 Å². The van der Waals surface area contributed by atoms with Gasteiger partial charge in [-0.05, 0) is 44.4 Å². The SMILES string of the molecule is CCOC(=O)/C=C/c1cccc(-c2cc3nc(C(=O)N4CCCCCN4C)cc(CC)n3n2)c1F. The van der Waals surface area contributed by atoms with Crippen LogP contribution in [0.3, 0.4) is 0 Å². The summed E-state index contributed by atoms with van der Waals surface area (Å²) in [5.41, 5.74) is 2.56. The third-order valence-corrected chi connectivity index (χ3v) is 6.07. The lowest BCUT2D eigenvalue weighted by molar-refractivity contribution is -0.137. The van der Waals surface area contributed by atoms with E-state index in [-0.39, 0.29) is 23.6 Å². The van der Waals surface area contributed by atoms with E-state index in [0.29, 0.717) is 30.0 Å². The van der Waals surface area contributed by atoms with E-state index in [0.717, 1.165) is 31.5 Å². The third-order valence-electron chi connectivity index (χ3n) is 6.07. The number of carbonyl (C=O) groups excluding carboxylic acids is 2. The van der Waals surface area contributed by atoms with Crippen molar-refractivity contribution in [2.45, 2.75) is 39.5 Å². The van der Waals surface area contributed by atoms with Gasteiger partial charge in [0.2, 0.25) is 0 Å². The molecule has 1 aliphatic rings. The fourth-order valence-electron chi connectivity index (χ4n) is 4.21. The first kappa shape index (κ1) is 24.5. The summed E-state index contributed by atoms with van der Waals surface area (Å²) in [6.07, 6.45) is 6.31. The highest BCUT2D eigenvalue weighted by molar-refractivity contribution is 5.92. The quantitative estimate of drug-likeness (QED) is 0.390. The van der Waals surface area contributed by atoms with Crippen molar-refractivity contribution in [1.82, 2.24) is 24.6 Å². The van der Waals surface area contributed by atoms with Gasteiger partial charge in [-0.15, -0.1) is 0 Å². The molecule has 0 unspecified atom stereocenters. The van der Waals surface area contributed by atoms with Gasteiger partial charge in [-0.2, -0.15) is 5.10 Å². The van der Waals surface area contributed by atoms with Crippen molar-refractivity contribution in [1.29, 1.82) is 0 Å². The largest absolute Gasteiger partial charge is 0.463 e. The number of hydrazine groups is 1. The minimum atomic E-state index is -0.533. The summed E-state index contributed by atoms with van der Waals surface area (Å²) in [6.45, 7) is 5.42. The van der Waals surface area contributed by atoms with E-state index in [1.165, 1.54) is 12.2 Å². The van der Waals surface area contributed by atoms with Gasteiger partial charge in [0.25, 0.3) is 5.91 Å². The van der Waals surface area contributed by atoms with Gasteiger partial charge in [-0.3, -0.25) is 9.80 Å². The fraction of sp³-hybridized carbons (Fsp3) is 0.385. The summed E-state index contributed by atoms with van der Waals surface area (Å²) in [5, 5.41) is 8.30. The first-order valence-corrected chi connectivity index (χ1v) is 12.0. The van der Waals surface area contributed by atoms with Gasteiger partial charge in [-0.1, -0.05) is 25.5 Å². The maximum atomic E-state index is 15.3. The molecule has 2 aromatic heterocycles. The molecular weight excluding hydrogens is 449 g/mol. The van der Waals surface area contributed by atoms with Crippen LogP contribution in [0.2, 0.25) is 0 Å². The molecule has 1 amide bonds. The van der Waals surface area contributed by atoms with Crippen LogP contribution in [0.4, 0.5) is 4.39 Å². The lowest BCUT2D eigenvalue weighted by atomic mass is 10.1. The zero-order chi connectivity index (χ0) is 24.9. The Morgan fingerprint density at radius 3 is 2.71 bits per heavy atom. The zero-order valence-electron chi connectivity index (χ0n) is 20.3. The summed E-state index contributed by atoms with van der Waals surface area (Å²) in [7, 11) is 1.92. The average Bonchev–Trinajstić information content (AvgIpc) is 3.16. The monoisotopic (exact) mass is 479 g/mol. The van der Waals surface area contributed by atoms with E-state index in [1.807, 2.05) is 19.0 Å². The van der Waals surface area contributed by atoms with Crippen LogP contribution >= 0.6 is 0 Å². The number of rotatable bonds is 6. The molecule has 1 aliphatic heterocycles. The van der Waals surface area contributed by atoms with Gasteiger partial charge >= 0.3 is 5.97 Å². The van der Waals surface area contributed by atoms with Crippen molar-refractivity contribution in [2.75, 3.05) is 26.7 Å². The van der Waals surface area contributed by atoms with Gasteiger partial charge in [0, 0.05) is 49.1 Å². The van der Waals surface area contributed by atoms with Gasteiger partial charge in [0.05, 0.1) is 12.3 Å². The fourth-order valence-corrected chi connectivity index (χ4v) is 4.21. The number of benzene rings is 1. The van der Waals surface area contributed by atoms with Crippen LogP contribution in [0.25, 0.3) is 23.0 Å². The number of ether oxygens (including phenoxy) is 1. The number of esters is 1. The molecular formula is C26H30FN5O3. The highest BCUT2D eigenvalue weighted by atomic mass is 19.1. The lowest BCUT2D eigenvalue weighted by Gasteiger charge is -2.29. The first-order valence-electron chi connectivity index (χ1n) is 12.0. The molecule has 9 heteroatoms. The molecule has 184 valence electrons. The van der Waals surface area contributed by atoms with E-state index in [1.54, 1.807) is 46.8 Å². The molecule has 1 saturated heterocycles. The number of fused-ring (bicyclic) bond motifs is 1. The van der Waals surface area contributed by atoms with Crippen molar-refractivity contribution in [3.8, 4) is 11.3 Å². The molecule has 3 heterocycles. The second-order valence-corrected chi connectivity index (χ2v) is 8.45. The van der Waals surface area contributed by atoms with Crippen molar-refractivity contribution >= 4 is 23.6 Å². The average molecular weight is 480 g/mol. The molecule has 8 nitrogen and oxygen atoms in total. The molecule has 3 aromatic rings. The third kappa shape index (κ3) is 5.24. The van der Waals surface area contributed by atoms with E-state index in [4.69, 9.17) is 4.74 Å². The molecule has 0 radical (unpaired) electrons. The van der Waals surface area contributed by atoms with Crippen LogP contribution in [0.5, 0.6) is 0 Å². The normalized spacial score (nSPS) is 15.0. The molecule has 1 fully saturated rings. The number of aromatic nitrogens is 3. The van der Waals surface area contributed by atoms with Crippen LogP contribution in [0.15, 0.2) is 36.4 Å². The summed E-state index contributed by atoms with van der Waals surface area (Å²) < 4.78 is 21.8. The Morgan fingerprint density at radius 1 is 1.14 bits per heavy atom. The van der Waals surface area contributed by atoms with Crippen LogP contribution in [0.1, 0.15) is 54.9 Å². The van der Waals surface area contributed by atoms with Crippen molar-refractivity contribution < 1.29 is 18.7 Å². The Bertz CT molecular complexity index is 1270. The Kier molecular flexibility index (Phi) is 7.55. The number of aryl methyl sites for hydroxylation is 1. The number of amides is 1. The Hall–Kier alpha value is -3.59. The maximum Gasteiger partial charge on any atom is 0.330 e. The number of halogens is 1. The standard InChI is InChI=1S/C26H30FN5O3/c1-4-19-16-22(26(34)31-15-8-6-7-14-30(31)3)28-23-17-21(29-32(19)23)20-11-9-10-18(25(20)27)12-13-24(33)35-5-2/h9-13,16-17H,4-8,14-15H2,1-3H3/b13-12+. The Morgan fingerprint density at radius 2 is 1.94 bits per heavy atom. The summed E-state index contributed by atoms with van der Waals surface area (Å²) in [6, 6.07) is 8.35. The molecule has 0 spiro atoms. The second-order valence-electron chi connectivity index (χ2n) is 8.45. The minimum Gasteiger partial charge on any atom is -0.463 e. The van der Waals surface area contributed by atoms with E-state index in [2.05, 4.69) is 10.1 Å². The molecule has 4 rings (SSSR count). The van der Waals surface area contributed by atoms with Gasteiger partial charge in [0.1, 0.15) is 11.5 Å². The van der Waals surface area contributed by atoms with Crippen molar-refractivity contribution in [3.63, 3.8) is 0 Å². The molecule has 35 heavy (non-hydrogen) atoms. The highest BCUT2D eigenvalue weighted by Gasteiger charge is 2.24. The molecule has 1 aromatic carbocycles. The Labute approximate surface area is 204 Å². The highest BCUT2D eigenvalue weighted by Crippen LogP contribution is 2.26. The second kappa shape index (κ2) is 10.8. The summed E-state index contributed by atoms with van der Waals surface area (Å²) in [5.74, 6) is -1.18. The van der Waals surface area contributed by atoms with Crippen LogP contribution < -0.4 is 0 Å². The van der Waals surface area contributed by atoms with Gasteiger partial charge in [-0.25, -0.2) is 23.7 Å². The Balaban J connectivity index is 1.70. The summed E-state index contributed by atoms with van der Waals surface area (Å²) >= 11 is 0. The lowest BCUT2D eigenvalue weighted by Crippen LogP contribution is -2.44. The predicted molar refractivity (Wildman–Crippen MR) is 131 cm³/mol. The van der Waals surface area contributed by atoms with E-state index in [9.17, 15) is 9.59 Å². The van der Waals surface area contributed by atoms with Gasteiger partial charge in [0.15, 0.2) is 5.65 Å². The predicted octanol–water partition coefficient (Wildman–Crippen LogP) is 4.15. The molecule has 0 N–H and O–H groups in total. The minimum absolute atomic E-state index is 0.147. The topological polar surface area (TPSA) is 80.0 Å². The number of hydrogen-bond acceptors (Lipinski definition) is 6. The van der Waals surface area contributed by atoms with E-state index < -0.39 is 11.8 Å². The molecule has 0 aliphatic carbocycles. The van der Waals surface area contributed by atoms with Gasteiger partial charge < -0.3 is 4.74 Å². The number of nitrogens with zero attached hydrogens (tertiary/aromatic N) is 5. The van der Waals surface area contributed by atoms with Crippen LogP contribution in [-0.2, 0) is 16.0 Å². The smallest absolute Gasteiger partial charge is 0.330 e. The van der Waals surface area contributed by atoms with Crippen molar-refractivity contribution in [2.24, 2.45) is 0 Å². The van der Waals surface area contributed by atoms with Crippen molar-refractivity contribution in [3.05, 3.63) is 59.2 Å².